The molecule has 4 rings (SSSR count). The minimum atomic E-state index is 0.233. The molecule has 134 valence electrons. The third-order valence-corrected chi connectivity index (χ3v) is 5.44. The maximum Gasteiger partial charge on any atom is 0.223 e. The number of nitrogens with one attached hydrogen (secondary N) is 1. The average molecular weight is 368 g/mol. The highest BCUT2D eigenvalue weighted by Crippen LogP contribution is 2.26. The molecule has 1 saturated heterocycles. The molecule has 0 spiro atoms. The Kier molecular flexibility index (Phi) is 4.85. The first-order valence-electron chi connectivity index (χ1n) is 9.04. The fourth-order valence-corrected chi connectivity index (χ4v) is 3.93. The summed E-state index contributed by atoms with van der Waals surface area (Å²) in [7, 11) is 0. The topological polar surface area (TPSA) is 39.3 Å². The van der Waals surface area contributed by atoms with Gasteiger partial charge in [0.1, 0.15) is 0 Å². The summed E-state index contributed by atoms with van der Waals surface area (Å²) in [6.07, 6.45) is 3.28. The minimum absolute atomic E-state index is 0.233. The lowest BCUT2D eigenvalue weighted by atomic mass is 10.0. The van der Waals surface area contributed by atoms with Gasteiger partial charge in [0.05, 0.1) is 10.7 Å². The number of aromatic nitrogens is 1. The second kappa shape index (κ2) is 7.42. The van der Waals surface area contributed by atoms with Crippen molar-refractivity contribution in [3.05, 3.63) is 65.3 Å². The summed E-state index contributed by atoms with van der Waals surface area (Å²) in [5.74, 6) is 0.233. The van der Waals surface area contributed by atoms with Gasteiger partial charge in [-0.15, -0.1) is 0 Å². The monoisotopic (exact) mass is 367 g/mol. The smallest absolute Gasteiger partial charge is 0.223 e. The highest BCUT2D eigenvalue weighted by molar-refractivity contribution is 6.33. The van der Waals surface area contributed by atoms with E-state index in [4.69, 9.17) is 11.6 Å². The van der Waals surface area contributed by atoms with E-state index in [1.54, 1.807) is 0 Å². The van der Waals surface area contributed by atoms with Gasteiger partial charge in [0.15, 0.2) is 0 Å². The predicted molar refractivity (Wildman–Crippen MR) is 107 cm³/mol. The number of para-hydroxylation sites is 1. The molecule has 1 N–H and O–H groups in total. The van der Waals surface area contributed by atoms with Gasteiger partial charge in [-0.2, -0.15) is 0 Å². The first kappa shape index (κ1) is 17.0. The zero-order valence-corrected chi connectivity index (χ0v) is 15.4. The number of aromatic amines is 1. The van der Waals surface area contributed by atoms with Crippen molar-refractivity contribution in [3.8, 4) is 0 Å². The first-order chi connectivity index (χ1) is 12.7. The maximum absolute atomic E-state index is 12.6. The van der Waals surface area contributed by atoms with Crippen LogP contribution in [0.25, 0.3) is 10.9 Å². The number of hydrogen-bond donors (Lipinski definition) is 1. The molecule has 0 atom stereocenters. The number of hydrogen-bond acceptors (Lipinski definition) is 2. The zero-order chi connectivity index (χ0) is 17.9. The van der Waals surface area contributed by atoms with E-state index in [-0.39, 0.29) is 5.91 Å². The number of carbonyl (C=O) groups excluding carboxylic acids is 1. The molecule has 3 aromatic rings. The van der Waals surface area contributed by atoms with Crippen molar-refractivity contribution in [1.29, 1.82) is 0 Å². The van der Waals surface area contributed by atoms with Crippen LogP contribution in [0.3, 0.4) is 0 Å². The maximum atomic E-state index is 12.6. The minimum Gasteiger partial charge on any atom is -0.367 e. The lowest BCUT2D eigenvalue weighted by Crippen LogP contribution is -2.48. The Balaban J connectivity index is 1.34. The number of carbonyl (C=O) groups is 1. The van der Waals surface area contributed by atoms with Gasteiger partial charge in [0.25, 0.3) is 0 Å². The van der Waals surface area contributed by atoms with Crippen molar-refractivity contribution in [2.24, 2.45) is 0 Å². The van der Waals surface area contributed by atoms with E-state index in [2.05, 4.69) is 28.1 Å². The van der Waals surface area contributed by atoms with Crippen LogP contribution in [-0.2, 0) is 11.2 Å². The molecule has 0 saturated carbocycles. The van der Waals surface area contributed by atoms with Crippen LogP contribution >= 0.6 is 11.6 Å². The highest BCUT2D eigenvalue weighted by Gasteiger charge is 2.22. The van der Waals surface area contributed by atoms with Crippen molar-refractivity contribution in [2.75, 3.05) is 31.1 Å². The summed E-state index contributed by atoms with van der Waals surface area (Å²) in [5, 5.41) is 1.98. The molecule has 0 unspecified atom stereocenters. The summed E-state index contributed by atoms with van der Waals surface area (Å²) in [4.78, 5) is 20.1. The Bertz CT molecular complexity index is 912. The van der Waals surface area contributed by atoms with Crippen molar-refractivity contribution in [1.82, 2.24) is 9.88 Å². The van der Waals surface area contributed by atoms with Gasteiger partial charge in [-0.3, -0.25) is 4.79 Å². The molecule has 26 heavy (non-hydrogen) atoms. The van der Waals surface area contributed by atoms with E-state index in [0.29, 0.717) is 6.42 Å². The highest BCUT2D eigenvalue weighted by atomic mass is 35.5. The number of benzene rings is 2. The molecular weight excluding hydrogens is 346 g/mol. The number of amides is 1. The van der Waals surface area contributed by atoms with Gasteiger partial charge in [-0.25, -0.2) is 0 Å². The Labute approximate surface area is 158 Å². The van der Waals surface area contributed by atoms with Gasteiger partial charge in [0.2, 0.25) is 5.91 Å². The molecule has 1 aliphatic heterocycles. The molecule has 1 aliphatic rings. The van der Waals surface area contributed by atoms with Crippen LogP contribution in [-0.4, -0.2) is 42.0 Å². The lowest BCUT2D eigenvalue weighted by molar-refractivity contribution is -0.131. The summed E-state index contributed by atoms with van der Waals surface area (Å²) in [6.45, 7) is 3.14. The fraction of sp³-hybridized carbons (Fsp3) is 0.286. The lowest BCUT2D eigenvalue weighted by Gasteiger charge is -2.36. The van der Waals surface area contributed by atoms with E-state index >= 15 is 0 Å². The SMILES string of the molecule is O=C(CCc1cccc2[nH]ccc12)N1CCN(c2ccccc2Cl)CC1. The molecule has 2 aromatic carbocycles. The molecule has 2 heterocycles. The van der Waals surface area contributed by atoms with Gasteiger partial charge < -0.3 is 14.8 Å². The van der Waals surface area contributed by atoms with E-state index in [1.807, 2.05) is 41.4 Å². The molecule has 5 heteroatoms. The van der Waals surface area contributed by atoms with E-state index in [0.717, 1.165) is 48.8 Å². The normalized spacial score (nSPS) is 14.8. The molecule has 1 fully saturated rings. The van der Waals surface area contributed by atoms with Gasteiger partial charge in [-0.1, -0.05) is 35.9 Å². The van der Waals surface area contributed by atoms with Crippen molar-refractivity contribution < 1.29 is 4.79 Å². The van der Waals surface area contributed by atoms with Crippen molar-refractivity contribution >= 4 is 34.1 Å². The van der Waals surface area contributed by atoms with E-state index in [1.165, 1.54) is 10.9 Å². The van der Waals surface area contributed by atoms with E-state index in [9.17, 15) is 4.79 Å². The second-order valence-electron chi connectivity index (χ2n) is 6.68. The number of nitrogens with zero attached hydrogens (tertiary/aromatic N) is 2. The Morgan fingerprint density at radius 1 is 1.00 bits per heavy atom. The number of H-pyrrole nitrogens is 1. The Hall–Kier alpha value is -2.46. The largest absolute Gasteiger partial charge is 0.367 e. The molecule has 0 aliphatic carbocycles. The van der Waals surface area contributed by atoms with Crippen LogP contribution in [0.5, 0.6) is 0 Å². The molecule has 0 bridgehead atoms. The zero-order valence-electron chi connectivity index (χ0n) is 14.6. The molecule has 0 radical (unpaired) electrons. The van der Waals surface area contributed by atoms with Gasteiger partial charge >= 0.3 is 0 Å². The first-order valence-corrected chi connectivity index (χ1v) is 9.42. The number of rotatable bonds is 4. The van der Waals surface area contributed by atoms with Gasteiger partial charge in [0, 0.05) is 49.7 Å². The van der Waals surface area contributed by atoms with Crippen molar-refractivity contribution in [3.63, 3.8) is 0 Å². The summed E-state index contributed by atoms with van der Waals surface area (Å²) < 4.78 is 0. The molecule has 4 nitrogen and oxygen atoms in total. The third-order valence-electron chi connectivity index (χ3n) is 5.12. The molecular formula is C21H22ClN3O. The quantitative estimate of drug-likeness (QED) is 0.754. The second-order valence-corrected chi connectivity index (χ2v) is 7.08. The molecule has 1 aromatic heterocycles. The molecule has 1 amide bonds. The summed E-state index contributed by atoms with van der Waals surface area (Å²) >= 11 is 6.29. The van der Waals surface area contributed by atoms with Gasteiger partial charge in [-0.05, 0) is 36.2 Å². The number of aryl methyl sites for hydroxylation is 1. The predicted octanol–water partition coefficient (Wildman–Crippen LogP) is 4.10. The van der Waals surface area contributed by atoms with Crippen LogP contribution < -0.4 is 4.90 Å². The third kappa shape index (κ3) is 3.42. The van der Waals surface area contributed by atoms with Crippen LogP contribution in [0.4, 0.5) is 5.69 Å². The van der Waals surface area contributed by atoms with Crippen LogP contribution in [0.2, 0.25) is 5.02 Å². The Morgan fingerprint density at radius 3 is 2.62 bits per heavy atom. The Morgan fingerprint density at radius 2 is 1.81 bits per heavy atom. The summed E-state index contributed by atoms with van der Waals surface area (Å²) in [5.41, 5.74) is 3.41. The fourth-order valence-electron chi connectivity index (χ4n) is 3.67. The van der Waals surface area contributed by atoms with Crippen LogP contribution in [0, 0.1) is 0 Å². The van der Waals surface area contributed by atoms with E-state index < -0.39 is 0 Å². The number of anilines is 1. The standard InChI is InChI=1S/C21H22ClN3O/c22-18-5-1-2-7-20(18)24-12-14-25(15-13-24)21(26)9-8-16-4-3-6-19-17(16)10-11-23-19/h1-7,10-11,23H,8-9,12-15H2. The van der Waals surface area contributed by atoms with Crippen molar-refractivity contribution in [2.45, 2.75) is 12.8 Å². The number of halogens is 1. The van der Waals surface area contributed by atoms with Crippen LogP contribution in [0.1, 0.15) is 12.0 Å². The van der Waals surface area contributed by atoms with Crippen LogP contribution in [0.15, 0.2) is 54.7 Å². The number of fused-ring (bicyclic) bond motifs is 1. The average Bonchev–Trinajstić information content (AvgIpc) is 3.16. The number of piperazine rings is 1. The summed E-state index contributed by atoms with van der Waals surface area (Å²) in [6, 6.07) is 16.2.